The van der Waals surface area contributed by atoms with E-state index in [0.29, 0.717) is 48.8 Å². The number of benzene rings is 2. The molecule has 164 valence electrons. The zero-order chi connectivity index (χ0) is 21.9. The number of carbonyl (C=O) groups excluding carboxylic acids is 2. The molecule has 2 aliphatic heterocycles. The van der Waals surface area contributed by atoms with E-state index in [1.807, 2.05) is 58.1 Å². The van der Waals surface area contributed by atoms with Crippen molar-refractivity contribution in [1.82, 2.24) is 19.6 Å². The van der Waals surface area contributed by atoms with Gasteiger partial charge in [0, 0.05) is 32.7 Å². The second-order valence-electron chi connectivity index (χ2n) is 8.18. The van der Waals surface area contributed by atoms with E-state index in [0.717, 1.165) is 31.5 Å². The van der Waals surface area contributed by atoms with Crippen molar-refractivity contribution in [3.8, 4) is 11.5 Å². The number of aromatic nitrogens is 2. The second-order valence-corrected chi connectivity index (χ2v) is 8.18. The fourth-order valence-corrected chi connectivity index (χ4v) is 4.40. The van der Waals surface area contributed by atoms with Gasteiger partial charge in [-0.05, 0) is 43.5 Å². The predicted molar refractivity (Wildman–Crippen MR) is 120 cm³/mol. The third-order valence-corrected chi connectivity index (χ3v) is 6.16. The molecule has 3 heterocycles. The molecule has 1 aromatic heterocycles. The van der Waals surface area contributed by atoms with Crippen LogP contribution >= 0.6 is 0 Å². The number of hydrogen-bond acceptors (Lipinski definition) is 4. The summed E-state index contributed by atoms with van der Waals surface area (Å²) in [6.45, 7) is 2.89. The maximum Gasteiger partial charge on any atom is 0.257 e. The van der Waals surface area contributed by atoms with Crippen LogP contribution in [0.2, 0.25) is 0 Å². The molecular weight excluding hydrogens is 404 g/mol. The predicted octanol–water partition coefficient (Wildman–Crippen LogP) is 3.61. The van der Waals surface area contributed by atoms with Gasteiger partial charge in [0.15, 0.2) is 0 Å². The van der Waals surface area contributed by atoms with E-state index in [1.165, 1.54) is 0 Å². The smallest absolute Gasteiger partial charge is 0.257 e. The van der Waals surface area contributed by atoms with Gasteiger partial charge in [0.1, 0.15) is 11.5 Å². The molecule has 5 rings (SSSR count). The molecule has 0 N–H and O–H groups in total. The number of carbonyl (C=O) groups is 2. The van der Waals surface area contributed by atoms with Gasteiger partial charge in [-0.1, -0.05) is 30.3 Å². The lowest BCUT2D eigenvalue weighted by Gasteiger charge is -2.35. The van der Waals surface area contributed by atoms with Crippen LogP contribution in [-0.2, 0) is 13.0 Å². The molecule has 7 nitrogen and oxygen atoms in total. The summed E-state index contributed by atoms with van der Waals surface area (Å²) in [6, 6.07) is 16.7. The van der Waals surface area contributed by atoms with Crippen molar-refractivity contribution in [2.24, 2.45) is 0 Å². The summed E-state index contributed by atoms with van der Waals surface area (Å²) >= 11 is 0. The molecule has 1 saturated heterocycles. The average Bonchev–Trinajstić information content (AvgIpc) is 3.28. The number of nitrogens with zero attached hydrogens (tertiary/aromatic N) is 4. The first kappa shape index (κ1) is 20.3. The van der Waals surface area contributed by atoms with Crippen molar-refractivity contribution >= 4 is 11.8 Å². The summed E-state index contributed by atoms with van der Waals surface area (Å²) in [4.78, 5) is 30.0. The summed E-state index contributed by atoms with van der Waals surface area (Å²) in [5.74, 6) is 1.17. The van der Waals surface area contributed by atoms with Crippen LogP contribution in [0.5, 0.6) is 11.5 Å². The molecule has 0 aliphatic carbocycles. The molecule has 0 spiro atoms. The number of ether oxygens (including phenoxy) is 1. The molecule has 0 atom stereocenters. The maximum atomic E-state index is 13.2. The Labute approximate surface area is 187 Å². The van der Waals surface area contributed by atoms with Gasteiger partial charge in [0.2, 0.25) is 0 Å². The first-order chi connectivity index (χ1) is 15.7. The third kappa shape index (κ3) is 3.98. The lowest BCUT2D eigenvalue weighted by Crippen LogP contribution is -2.50. The molecular formula is C25H26N4O3. The van der Waals surface area contributed by atoms with Gasteiger partial charge >= 0.3 is 0 Å². The number of hydrogen-bond donors (Lipinski definition) is 0. The van der Waals surface area contributed by atoms with E-state index >= 15 is 0 Å². The van der Waals surface area contributed by atoms with Crippen LogP contribution < -0.4 is 4.74 Å². The number of piperazine rings is 1. The topological polar surface area (TPSA) is 67.7 Å². The van der Waals surface area contributed by atoms with Crippen molar-refractivity contribution in [2.45, 2.75) is 25.8 Å². The number of rotatable bonds is 4. The van der Waals surface area contributed by atoms with Crippen molar-refractivity contribution in [3.05, 3.63) is 77.6 Å². The molecule has 32 heavy (non-hydrogen) atoms. The number of aryl methyl sites for hydroxylation is 1. The first-order valence-electron chi connectivity index (χ1n) is 11.2. The minimum absolute atomic E-state index is 0.0214. The molecule has 1 fully saturated rings. The van der Waals surface area contributed by atoms with Crippen LogP contribution in [0.4, 0.5) is 0 Å². The van der Waals surface area contributed by atoms with Crippen LogP contribution in [0.1, 0.15) is 39.3 Å². The Morgan fingerprint density at radius 1 is 0.750 bits per heavy atom. The molecule has 0 unspecified atom stereocenters. The molecule has 2 amide bonds. The summed E-state index contributed by atoms with van der Waals surface area (Å²) < 4.78 is 7.92. The minimum Gasteiger partial charge on any atom is -0.457 e. The fourth-order valence-electron chi connectivity index (χ4n) is 4.40. The molecule has 2 aliphatic rings. The zero-order valence-electron chi connectivity index (χ0n) is 17.9. The number of amides is 2. The Balaban J connectivity index is 1.25. The zero-order valence-corrected chi connectivity index (χ0v) is 17.9. The summed E-state index contributed by atoms with van der Waals surface area (Å²) in [5, 5.41) is 4.39. The van der Waals surface area contributed by atoms with Gasteiger partial charge in [-0.3, -0.25) is 14.3 Å². The standard InChI is InChI=1S/C25H26N4O3/c30-24(20-10-4-5-12-23(20)32-19-8-2-1-3-9-19)27-14-16-28(17-15-27)25(31)21-18-26-29-13-7-6-11-22(21)29/h1-5,8-10,12,18H,6-7,11,13-17H2. The number of para-hydroxylation sites is 2. The molecule has 0 radical (unpaired) electrons. The van der Waals surface area contributed by atoms with Crippen LogP contribution in [0.15, 0.2) is 60.8 Å². The highest BCUT2D eigenvalue weighted by molar-refractivity contribution is 5.98. The van der Waals surface area contributed by atoms with Gasteiger partial charge < -0.3 is 14.5 Å². The van der Waals surface area contributed by atoms with E-state index in [9.17, 15) is 9.59 Å². The highest BCUT2D eigenvalue weighted by Crippen LogP contribution is 2.27. The van der Waals surface area contributed by atoms with E-state index in [4.69, 9.17) is 4.74 Å². The Morgan fingerprint density at radius 3 is 2.16 bits per heavy atom. The van der Waals surface area contributed by atoms with Gasteiger partial charge in [0.05, 0.1) is 23.0 Å². The third-order valence-electron chi connectivity index (χ3n) is 6.16. The highest BCUT2D eigenvalue weighted by Gasteiger charge is 2.29. The molecule has 3 aromatic rings. The minimum atomic E-state index is -0.0773. The monoisotopic (exact) mass is 430 g/mol. The molecule has 0 bridgehead atoms. The van der Waals surface area contributed by atoms with Crippen LogP contribution in [-0.4, -0.2) is 57.6 Å². The Kier molecular flexibility index (Phi) is 5.62. The Hall–Kier alpha value is -3.61. The number of fused-ring (bicyclic) bond motifs is 1. The van der Waals surface area contributed by atoms with Crippen LogP contribution in [0.25, 0.3) is 0 Å². The summed E-state index contributed by atoms with van der Waals surface area (Å²) in [6.07, 6.45) is 4.81. The van der Waals surface area contributed by atoms with Gasteiger partial charge in [-0.25, -0.2) is 0 Å². The maximum absolute atomic E-state index is 13.2. The van der Waals surface area contributed by atoms with Crippen molar-refractivity contribution in [2.75, 3.05) is 26.2 Å². The summed E-state index contributed by atoms with van der Waals surface area (Å²) in [5.41, 5.74) is 2.29. The van der Waals surface area contributed by atoms with E-state index in [1.54, 1.807) is 17.2 Å². The van der Waals surface area contributed by atoms with Crippen LogP contribution in [0, 0.1) is 0 Å². The molecule has 7 heteroatoms. The van der Waals surface area contributed by atoms with E-state index in [2.05, 4.69) is 5.10 Å². The second kappa shape index (κ2) is 8.86. The fraction of sp³-hybridized carbons (Fsp3) is 0.320. The Morgan fingerprint density at radius 2 is 1.41 bits per heavy atom. The van der Waals surface area contributed by atoms with Crippen LogP contribution in [0.3, 0.4) is 0 Å². The Bertz CT molecular complexity index is 1120. The van der Waals surface area contributed by atoms with Gasteiger partial charge in [-0.2, -0.15) is 5.10 Å². The molecule has 2 aromatic carbocycles. The van der Waals surface area contributed by atoms with Crippen molar-refractivity contribution in [1.29, 1.82) is 0 Å². The lowest BCUT2D eigenvalue weighted by molar-refractivity contribution is 0.0533. The van der Waals surface area contributed by atoms with Crippen molar-refractivity contribution < 1.29 is 14.3 Å². The average molecular weight is 431 g/mol. The summed E-state index contributed by atoms with van der Waals surface area (Å²) in [7, 11) is 0. The largest absolute Gasteiger partial charge is 0.457 e. The van der Waals surface area contributed by atoms with Crippen molar-refractivity contribution in [3.63, 3.8) is 0 Å². The normalized spacial score (nSPS) is 15.9. The van der Waals surface area contributed by atoms with E-state index in [-0.39, 0.29) is 11.8 Å². The highest BCUT2D eigenvalue weighted by atomic mass is 16.5. The van der Waals surface area contributed by atoms with Gasteiger partial charge in [-0.15, -0.1) is 0 Å². The first-order valence-corrected chi connectivity index (χ1v) is 11.2. The molecule has 0 saturated carbocycles. The van der Waals surface area contributed by atoms with Gasteiger partial charge in [0.25, 0.3) is 11.8 Å². The quantitative estimate of drug-likeness (QED) is 0.634. The SMILES string of the molecule is O=C(c1ccccc1Oc1ccccc1)N1CCN(C(=O)c2cnn3c2CCCC3)CC1. The lowest BCUT2D eigenvalue weighted by atomic mass is 10.1. The van der Waals surface area contributed by atoms with E-state index < -0.39 is 0 Å².